The highest BCUT2D eigenvalue weighted by atomic mass is 79.9. The van der Waals surface area contributed by atoms with Gasteiger partial charge in [-0.3, -0.25) is 0 Å². The Kier molecular flexibility index (Phi) is 3.23. The summed E-state index contributed by atoms with van der Waals surface area (Å²) in [5.41, 5.74) is 2.05. The summed E-state index contributed by atoms with van der Waals surface area (Å²) < 4.78 is 0. The molecule has 1 aromatic rings. The lowest BCUT2D eigenvalue weighted by Gasteiger charge is -2.02. The Labute approximate surface area is 84.6 Å². The zero-order valence-corrected chi connectivity index (χ0v) is 9.09. The van der Waals surface area contributed by atoms with Gasteiger partial charge in [0, 0.05) is 15.4 Å². The second-order valence-corrected chi connectivity index (χ2v) is 3.69. The highest BCUT2D eigenvalue weighted by molar-refractivity contribution is 9.08. The van der Waals surface area contributed by atoms with Crippen molar-refractivity contribution in [1.82, 2.24) is 0 Å². The minimum atomic E-state index is 0.729. The van der Waals surface area contributed by atoms with Gasteiger partial charge in [-0.25, -0.2) is 0 Å². The van der Waals surface area contributed by atoms with Gasteiger partial charge in [-0.1, -0.05) is 39.1 Å². The molecule has 1 aromatic carbocycles. The molecule has 1 rings (SSSR count). The molecule has 0 aromatic heterocycles. The number of alkyl halides is 1. The van der Waals surface area contributed by atoms with Crippen molar-refractivity contribution in [3.05, 3.63) is 33.3 Å². The molecule has 0 nitrogen and oxygen atoms in total. The summed E-state index contributed by atoms with van der Waals surface area (Å²) in [5, 5.41) is 2.24. The lowest BCUT2D eigenvalue weighted by atomic mass is 10.2. The first-order valence-electron chi connectivity index (χ1n) is 3.15. The zero-order chi connectivity index (χ0) is 8.43. The average molecular weight is 254 g/mol. The van der Waals surface area contributed by atoms with Gasteiger partial charge >= 0.3 is 0 Å². The molecule has 3 heteroatoms. The Morgan fingerprint density at radius 2 is 1.73 bits per heavy atom. The van der Waals surface area contributed by atoms with Crippen LogP contribution in [-0.4, -0.2) is 0 Å². The fraction of sp³-hybridized carbons (Fsp3) is 0.250. The topological polar surface area (TPSA) is 0 Å². The lowest BCUT2D eigenvalue weighted by Crippen LogP contribution is -1.82. The van der Waals surface area contributed by atoms with Gasteiger partial charge in [0.15, 0.2) is 0 Å². The smallest absolute Gasteiger partial charge is 0.0453 e. The summed E-state index contributed by atoms with van der Waals surface area (Å²) in [6.45, 7) is 1.91. The quantitative estimate of drug-likeness (QED) is 0.659. The van der Waals surface area contributed by atoms with Gasteiger partial charge in [0.1, 0.15) is 0 Å². The average Bonchev–Trinajstić information content (AvgIpc) is 1.99. The normalized spacial score (nSPS) is 10.2. The largest absolute Gasteiger partial charge is 0.0876 e. The first-order valence-corrected chi connectivity index (χ1v) is 5.03. The fourth-order valence-corrected chi connectivity index (χ4v) is 1.63. The van der Waals surface area contributed by atoms with Crippen LogP contribution in [0.3, 0.4) is 0 Å². The molecule has 0 radical (unpaired) electrons. The van der Waals surface area contributed by atoms with E-state index in [-0.39, 0.29) is 0 Å². The maximum absolute atomic E-state index is 5.89. The van der Waals surface area contributed by atoms with E-state index in [1.165, 1.54) is 0 Å². The third-order valence-corrected chi connectivity index (χ3v) is 2.93. The third-order valence-electron chi connectivity index (χ3n) is 1.50. The maximum Gasteiger partial charge on any atom is 0.0453 e. The monoisotopic (exact) mass is 252 g/mol. The van der Waals surface area contributed by atoms with E-state index in [0.717, 1.165) is 26.5 Å². The van der Waals surface area contributed by atoms with Crippen LogP contribution in [0.2, 0.25) is 10.0 Å². The second-order valence-electron chi connectivity index (χ2n) is 2.32. The van der Waals surface area contributed by atoms with Crippen LogP contribution in [0.15, 0.2) is 12.1 Å². The Balaban J connectivity index is 3.21. The molecule has 60 valence electrons. The number of hydrogen-bond acceptors (Lipinski definition) is 0. The molecular formula is C8H7BrCl2. The molecule has 0 aliphatic rings. The van der Waals surface area contributed by atoms with Gasteiger partial charge in [0.2, 0.25) is 0 Å². The summed E-state index contributed by atoms with van der Waals surface area (Å²) in [6.07, 6.45) is 0. The van der Waals surface area contributed by atoms with Crippen molar-refractivity contribution >= 4 is 39.1 Å². The van der Waals surface area contributed by atoms with E-state index in [2.05, 4.69) is 15.9 Å². The van der Waals surface area contributed by atoms with Crippen LogP contribution >= 0.6 is 39.1 Å². The van der Waals surface area contributed by atoms with Gasteiger partial charge in [-0.15, -0.1) is 0 Å². The SMILES string of the molecule is Cc1c(Cl)cc(CBr)cc1Cl. The summed E-state index contributed by atoms with van der Waals surface area (Å²) in [4.78, 5) is 0. The highest BCUT2D eigenvalue weighted by Gasteiger charge is 2.02. The van der Waals surface area contributed by atoms with E-state index in [1.807, 2.05) is 19.1 Å². The molecule has 0 aliphatic carbocycles. The van der Waals surface area contributed by atoms with Crippen LogP contribution in [0.4, 0.5) is 0 Å². The Morgan fingerprint density at radius 3 is 2.09 bits per heavy atom. The van der Waals surface area contributed by atoms with E-state index >= 15 is 0 Å². The minimum Gasteiger partial charge on any atom is -0.0876 e. The molecule has 0 aliphatic heterocycles. The summed E-state index contributed by atoms with van der Waals surface area (Å²) in [7, 11) is 0. The Morgan fingerprint density at radius 1 is 1.27 bits per heavy atom. The number of benzene rings is 1. The van der Waals surface area contributed by atoms with Gasteiger partial charge in [0.25, 0.3) is 0 Å². The van der Waals surface area contributed by atoms with Crippen LogP contribution in [-0.2, 0) is 5.33 Å². The molecule has 0 saturated heterocycles. The van der Waals surface area contributed by atoms with Crippen LogP contribution in [0.5, 0.6) is 0 Å². The summed E-state index contributed by atoms with van der Waals surface area (Å²) in [6, 6.07) is 3.83. The summed E-state index contributed by atoms with van der Waals surface area (Å²) >= 11 is 15.1. The number of halogens is 3. The van der Waals surface area contributed by atoms with E-state index < -0.39 is 0 Å². The predicted octanol–water partition coefficient (Wildman–Crippen LogP) is 4.20. The first kappa shape index (κ1) is 9.37. The van der Waals surface area contributed by atoms with Crippen LogP contribution in [0.1, 0.15) is 11.1 Å². The first-order chi connectivity index (χ1) is 5.15. The van der Waals surface area contributed by atoms with Crippen molar-refractivity contribution in [3.63, 3.8) is 0 Å². The predicted molar refractivity (Wildman–Crippen MR) is 53.8 cm³/mol. The van der Waals surface area contributed by atoms with E-state index in [9.17, 15) is 0 Å². The van der Waals surface area contributed by atoms with Crippen molar-refractivity contribution in [2.75, 3.05) is 0 Å². The van der Waals surface area contributed by atoms with Crippen LogP contribution in [0, 0.1) is 6.92 Å². The van der Waals surface area contributed by atoms with Crippen molar-refractivity contribution in [3.8, 4) is 0 Å². The molecule has 0 spiro atoms. The van der Waals surface area contributed by atoms with Crippen LogP contribution < -0.4 is 0 Å². The van der Waals surface area contributed by atoms with Crippen LogP contribution in [0.25, 0.3) is 0 Å². The fourth-order valence-electron chi connectivity index (χ4n) is 0.775. The van der Waals surface area contributed by atoms with Gasteiger partial charge in [0.05, 0.1) is 0 Å². The molecule has 0 unspecified atom stereocenters. The van der Waals surface area contributed by atoms with Gasteiger partial charge < -0.3 is 0 Å². The van der Waals surface area contributed by atoms with Gasteiger partial charge in [-0.2, -0.15) is 0 Å². The standard InChI is InChI=1S/C8H7BrCl2/c1-5-7(10)2-6(4-9)3-8(5)11/h2-3H,4H2,1H3. The molecule has 0 fully saturated rings. The Hall–Kier alpha value is 0.280. The highest BCUT2D eigenvalue weighted by Crippen LogP contribution is 2.26. The molecular weight excluding hydrogens is 247 g/mol. The van der Waals surface area contributed by atoms with Crippen molar-refractivity contribution < 1.29 is 0 Å². The maximum atomic E-state index is 5.89. The molecule has 0 atom stereocenters. The molecule has 0 N–H and O–H groups in total. The number of rotatable bonds is 1. The molecule has 11 heavy (non-hydrogen) atoms. The van der Waals surface area contributed by atoms with Crippen molar-refractivity contribution in [1.29, 1.82) is 0 Å². The number of hydrogen-bond donors (Lipinski definition) is 0. The molecule has 0 amide bonds. The van der Waals surface area contributed by atoms with Crippen molar-refractivity contribution in [2.24, 2.45) is 0 Å². The minimum absolute atomic E-state index is 0.729. The lowest BCUT2D eigenvalue weighted by molar-refractivity contribution is 1.38. The third kappa shape index (κ3) is 2.11. The molecule has 0 bridgehead atoms. The molecule has 0 saturated carbocycles. The van der Waals surface area contributed by atoms with E-state index in [0.29, 0.717) is 0 Å². The zero-order valence-electron chi connectivity index (χ0n) is 6.00. The summed E-state index contributed by atoms with van der Waals surface area (Å²) in [5.74, 6) is 0. The van der Waals surface area contributed by atoms with E-state index in [4.69, 9.17) is 23.2 Å². The van der Waals surface area contributed by atoms with E-state index in [1.54, 1.807) is 0 Å². The Bertz CT molecular complexity index is 248. The van der Waals surface area contributed by atoms with Crippen molar-refractivity contribution in [2.45, 2.75) is 12.3 Å². The second kappa shape index (κ2) is 3.79. The molecule has 0 heterocycles. The van der Waals surface area contributed by atoms with Gasteiger partial charge in [-0.05, 0) is 30.2 Å².